The topological polar surface area (TPSA) is 35.5 Å². The van der Waals surface area contributed by atoms with E-state index >= 15 is 0 Å². The summed E-state index contributed by atoms with van der Waals surface area (Å²) >= 11 is 0. The van der Waals surface area contributed by atoms with Gasteiger partial charge in [0.25, 0.3) is 0 Å². The Morgan fingerprint density at radius 2 is 2.05 bits per heavy atom. The van der Waals surface area contributed by atoms with Crippen molar-refractivity contribution in [3.8, 4) is 0 Å². The van der Waals surface area contributed by atoms with E-state index in [0.717, 1.165) is 19.6 Å². The highest BCUT2D eigenvalue weighted by molar-refractivity contribution is 5.14. The van der Waals surface area contributed by atoms with E-state index in [9.17, 15) is 5.11 Å². The predicted molar refractivity (Wildman–Crippen MR) is 79.0 cm³/mol. The third kappa shape index (κ3) is 4.60. The van der Waals surface area contributed by atoms with Crippen LogP contribution < -0.4 is 5.32 Å². The van der Waals surface area contributed by atoms with Crippen molar-refractivity contribution >= 4 is 0 Å². The number of aliphatic hydroxyl groups is 1. The molecular formula is C16H26N2O. The average Bonchev–Trinajstić information content (AvgIpc) is 2.84. The maximum absolute atomic E-state index is 9.81. The lowest BCUT2D eigenvalue weighted by Crippen LogP contribution is -2.39. The highest BCUT2D eigenvalue weighted by Crippen LogP contribution is 2.13. The number of benzene rings is 1. The number of hydrogen-bond donors (Lipinski definition) is 2. The summed E-state index contributed by atoms with van der Waals surface area (Å²) in [6.45, 7) is 8.09. The zero-order valence-corrected chi connectivity index (χ0v) is 12.0. The van der Waals surface area contributed by atoms with Crippen LogP contribution in [-0.2, 0) is 6.54 Å². The summed E-state index contributed by atoms with van der Waals surface area (Å²) in [6.07, 6.45) is 0.945. The molecule has 1 aliphatic heterocycles. The summed E-state index contributed by atoms with van der Waals surface area (Å²) < 4.78 is 0. The molecule has 1 saturated heterocycles. The summed E-state index contributed by atoms with van der Waals surface area (Å²) in [7, 11) is 0. The van der Waals surface area contributed by atoms with Crippen LogP contribution in [0.5, 0.6) is 0 Å². The molecule has 0 aliphatic carbocycles. The Morgan fingerprint density at radius 1 is 1.32 bits per heavy atom. The van der Waals surface area contributed by atoms with Gasteiger partial charge in [-0.1, -0.05) is 44.2 Å². The van der Waals surface area contributed by atoms with Crippen molar-refractivity contribution in [3.05, 3.63) is 35.9 Å². The molecule has 1 aliphatic rings. The van der Waals surface area contributed by atoms with Crippen molar-refractivity contribution in [1.82, 2.24) is 10.2 Å². The van der Waals surface area contributed by atoms with Gasteiger partial charge in [-0.05, 0) is 17.9 Å². The Balaban J connectivity index is 1.71. The molecule has 19 heavy (non-hydrogen) atoms. The minimum Gasteiger partial charge on any atom is -0.392 e. The standard InChI is InChI=1S/C16H26N2O/c1-13(2)16(19)10-17-15-8-9-18(12-15)11-14-6-4-3-5-7-14/h3-7,13,15-17,19H,8-12H2,1-2H3. The first kappa shape index (κ1) is 14.5. The fraction of sp³-hybridized carbons (Fsp3) is 0.625. The minimum atomic E-state index is -0.233. The second-order valence-electron chi connectivity index (χ2n) is 5.93. The van der Waals surface area contributed by atoms with Gasteiger partial charge in [0, 0.05) is 32.2 Å². The van der Waals surface area contributed by atoms with Gasteiger partial charge in [-0.3, -0.25) is 4.90 Å². The van der Waals surface area contributed by atoms with Crippen LogP contribution in [0.1, 0.15) is 25.8 Å². The van der Waals surface area contributed by atoms with Crippen LogP contribution in [0.2, 0.25) is 0 Å². The summed E-state index contributed by atoms with van der Waals surface area (Å²) in [4.78, 5) is 2.48. The highest BCUT2D eigenvalue weighted by atomic mass is 16.3. The van der Waals surface area contributed by atoms with E-state index < -0.39 is 0 Å². The van der Waals surface area contributed by atoms with Crippen LogP contribution in [0.4, 0.5) is 0 Å². The molecule has 3 heteroatoms. The number of likely N-dealkylation sites (tertiary alicyclic amines) is 1. The molecule has 0 bridgehead atoms. The highest BCUT2D eigenvalue weighted by Gasteiger charge is 2.22. The van der Waals surface area contributed by atoms with Crippen LogP contribution in [0, 0.1) is 5.92 Å². The van der Waals surface area contributed by atoms with E-state index in [-0.39, 0.29) is 6.10 Å². The number of aliphatic hydroxyl groups excluding tert-OH is 1. The molecule has 0 saturated carbocycles. The minimum absolute atomic E-state index is 0.233. The average molecular weight is 262 g/mol. The van der Waals surface area contributed by atoms with Crippen molar-refractivity contribution in [2.45, 2.75) is 39.0 Å². The summed E-state index contributed by atoms with van der Waals surface area (Å²) in [6, 6.07) is 11.1. The smallest absolute Gasteiger partial charge is 0.0687 e. The number of hydrogen-bond acceptors (Lipinski definition) is 3. The molecular weight excluding hydrogens is 236 g/mol. The van der Waals surface area contributed by atoms with Crippen LogP contribution >= 0.6 is 0 Å². The van der Waals surface area contributed by atoms with Crippen LogP contribution in [0.25, 0.3) is 0 Å². The van der Waals surface area contributed by atoms with Gasteiger partial charge in [-0.15, -0.1) is 0 Å². The summed E-state index contributed by atoms with van der Waals surface area (Å²) in [5, 5.41) is 13.3. The fourth-order valence-electron chi connectivity index (χ4n) is 2.51. The normalized spacial score (nSPS) is 22.0. The van der Waals surface area contributed by atoms with Crippen molar-refractivity contribution in [2.75, 3.05) is 19.6 Å². The zero-order chi connectivity index (χ0) is 13.7. The maximum Gasteiger partial charge on any atom is 0.0687 e. The maximum atomic E-state index is 9.81. The van der Waals surface area contributed by atoms with E-state index in [1.807, 2.05) is 0 Å². The Bertz CT molecular complexity index is 366. The molecule has 106 valence electrons. The number of rotatable bonds is 6. The van der Waals surface area contributed by atoms with E-state index in [2.05, 4.69) is 54.4 Å². The quantitative estimate of drug-likeness (QED) is 0.821. The molecule has 1 heterocycles. The molecule has 2 rings (SSSR count). The van der Waals surface area contributed by atoms with Crippen LogP contribution in [0.3, 0.4) is 0 Å². The molecule has 1 aromatic rings. The van der Waals surface area contributed by atoms with Gasteiger partial charge >= 0.3 is 0 Å². The molecule has 2 unspecified atom stereocenters. The molecule has 3 nitrogen and oxygen atoms in total. The molecule has 0 amide bonds. The molecule has 1 fully saturated rings. The molecule has 2 atom stereocenters. The monoisotopic (exact) mass is 262 g/mol. The SMILES string of the molecule is CC(C)C(O)CNC1CCN(Cc2ccccc2)C1. The predicted octanol–water partition coefficient (Wildman–Crippen LogP) is 1.87. The lowest BCUT2D eigenvalue weighted by Gasteiger charge is -2.20. The van der Waals surface area contributed by atoms with Crippen LogP contribution in [-0.4, -0.2) is 41.8 Å². The van der Waals surface area contributed by atoms with Gasteiger partial charge in [-0.2, -0.15) is 0 Å². The van der Waals surface area contributed by atoms with Gasteiger partial charge in [-0.25, -0.2) is 0 Å². The Labute approximate surface area is 116 Å². The lowest BCUT2D eigenvalue weighted by molar-refractivity contribution is 0.120. The summed E-state index contributed by atoms with van der Waals surface area (Å²) in [5.74, 6) is 0.328. The largest absolute Gasteiger partial charge is 0.392 e. The second kappa shape index (κ2) is 7.04. The Morgan fingerprint density at radius 3 is 2.74 bits per heavy atom. The fourth-order valence-corrected chi connectivity index (χ4v) is 2.51. The van der Waals surface area contributed by atoms with Gasteiger partial charge in [0.05, 0.1) is 6.10 Å². The number of nitrogens with zero attached hydrogens (tertiary/aromatic N) is 1. The third-order valence-electron chi connectivity index (χ3n) is 3.91. The summed E-state index contributed by atoms with van der Waals surface area (Å²) in [5.41, 5.74) is 1.38. The van der Waals surface area contributed by atoms with Gasteiger partial charge in [0.1, 0.15) is 0 Å². The van der Waals surface area contributed by atoms with E-state index in [0.29, 0.717) is 18.5 Å². The second-order valence-corrected chi connectivity index (χ2v) is 5.93. The molecule has 0 radical (unpaired) electrons. The van der Waals surface area contributed by atoms with Gasteiger partial charge < -0.3 is 10.4 Å². The third-order valence-corrected chi connectivity index (χ3v) is 3.91. The van der Waals surface area contributed by atoms with Crippen molar-refractivity contribution in [3.63, 3.8) is 0 Å². The van der Waals surface area contributed by atoms with E-state index in [1.165, 1.54) is 12.0 Å². The molecule has 0 aromatic heterocycles. The first-order valence-electron chi connectivity index (χ1n) is 7.33. The van der Waals surface area contributed by atoms with E-state index in [1.54, 1.807) is 0 Å². The van der Waals surface area contributed by atoms with Crippen molar-refractivity contribution < 1.29 is 5.11 Å². The van der Waals surface area contributed by atoms with Gasteiger partial charge in [0.2, 0.25) is 0 Å². The molecule has 1 aromatic carbocycles. The Hall–Kier alpha value is -0.900. The first-order valence-corrected chi connectivity index (χ1v) is 7.33. The Kier molecular flexibility index (Phi) is 5.37. The molecule has 0 spiro atoms. The zero-order valence-electron chi connectivity index (χ0n) is 12.0. The first-order chi connectivity index (χ1) is 9.15. The van der Waals surface area contributed by atoms with E-state index in [4.69, 9.17) is 0 Å². The lowest BCUT2D eigenvalue weighted by atomic mass is 10.1. The molecule has 2 N–H and O–H groups in total. The van der Waals surface area contributed by atoms with Gasteiger partial charge in [0.15, 0.2) is 0 Å². The van der Waals surface area contributed by atoms with Crippen molar-refractivity contribution in [1.29, 1.82) is 0 Å². The van der Waals surface area contributed by atoms with Crippen molar-refractivity contribution in [2.24, 2.45) is 5.92 Å². The van der Waals surface area contributed by atoms with Crippen LogP contribution in [0.15, 0.2) is 30.3 Å². The number of nitrogens with one attached hydrogen (secondary N) is 1.